The van der Waals surface area contributed by atoms with Gasteiger partial charge in [0.05, 0.1) is 6.20 Å². The third-order valence-corrected chi connectivity index (χ3v) is 4.24. The van der Waals surface area contributed by atoms with E-state index in [1.807, 2.05) is 24.3 Å². The molecule has 0 spiro atoms. The normalized spacial score (nSPS) is 18.3. The van der Waals surface area contributed by atoms with Crippen LogP contribution in [0.5, 0.6) is 0 Å². The zero-order valence-corrected chi connectivity index (χ0v) is 13.4. The number of rotatable bonds is 4. The molecule has 3 rings (SSSR count). The summed E-state index contributed by atoms with van der Waals surface area (Å²) < 4.78 is 0. The SMILES string of the molecule is CCC1CCCCN1c1nncc(Nc2cccc(Cl)c2)n1. The summed E-state index contributed by atoms with van der Waals surface area (Å²) in [4.78, 5) is 6.90. The molecule has 2 heterocycles. The lowest BCUT2D eigenvalue weighted by atomic mass is 10.0. The highest BCUT2D eigenvalue weighted by Crippen LogP contribution is 2.25. The average molecular weight is 318 g/mol. The summed E-state index contributed by atoms with van der Waals surface area (Å²) in [5.74, 6) is 1.39. The van der Waals surface area contributed by atoms with Crippen molar-refractivity contribution in [3.05, 3.63) is 35.5 Å². The van der Waals surface area contributed by atoms with Gasteiger partial charge in [0.2, 0.25) is 5.95 Å². The van der Waals surface area contributed by atoms with Gasteiger partial charge in [-0.25, -0.2) is 0 Å². The van der Waals surface area contributed by atoms with E-state index < -0.39 is 0 Å². The maximum atomic E-state index is 6.01. The third kappa shape index (κ3) is 3.47. The Morgan fingerprint density at radius 1 is 1.36 bits per heavy atom. The van der Waals surface area contributed by atoms with E-state index >= 15 is 0 Å². The van der Waals surface area contributed by atoms with E-state index in [0.717, 1.165) is 18.7 Å². The van der Waals surface area contributed by atoms with Crippen LogP contribution in [0.3, 0.4) is 0 Å². The van der Waals surface area contributed by atoms with Crippen molar-refractivity contribution in [3.8, 4) is 0 Å². The minimum atomic E-state index is 0.511. The molecule has 0 radical (unpaired) electrons. The number of piperidine rings is 1. The summed E-state index contributed by atoms with van der Waals surface area (Å²) >= 11 is 6.01. The van der Waals surface area contributed by atoms with E-state index in [0.29, 0.717) is 22.8 Å². The summed E-state index contributed by atoms with van der Waals surface area (Å²) in [6.07, 6.45) is 6.41. The highest BCUT2D eigenvalue weighted by Gasteiger charge is 2.23. The van der Waals surface area contributed by atoms with Gasteiger partial charge in [-0.15, -0.1) is 5.10 Å². The third-order valence-electron chi connectivity index (χ3n) is 4.00. The average Bonchev–Trinajstić information content (AvgIpc) is 2.55. The van der Waals surface area contributed by atoms with Crippen molar-refractivity contribution in [3.63, 3.8) is 0 Å². The molecular weight excluding hydrogens is 298 g/mol. The summed E-state index contributed by atoms with van der Waals surface area (Å²) in [6, 6.07) is 8.06. The molecule has 1 aromatic carbocycles. The Labute approximate surface area is 135 Å². The fraction of sp³-hybridized carbons (Fsp3) is 0.438. The second-order valence-corrected chi connectivity index (χ2v) is 5.96. The fourth-order valence-electron chi connectivity index (χ4n) is 2.88. The highest BCUT2D eigenvalue weighted by atomic mass is 35.5. The molecule has 0 amide bonds. The molecule has 5 nitrogen and oxygen atoms in total. The number of nitrogens with zero attached hydrogens (tertiary/aromatic N) is 4. The minimum absolute atomic E-state index is 0.511. The first kappa shape index (κ1) is 15.0. The second kappa shape index (κ2) is 6.92. The predicted molar refractivity (Wildman–Crippen MR) is 89.8 cm³/mol. The number of benzene rings is 1. The van der Waals surface area contributed by atoms with Crippen LogP contribution >= 0.6 is 11.6 Å². The first-order valence-corrected chi connectivity index (χ1v) is 8.13. The highest BCUT2D eigenvalue weighted by molar-refractivity contribution is 6.30. The number of nitrogens with one attached hydrogen (secondary N) is 1. The Morgan fingerprint density at radius 2 is 2.27 bits per heavy atom. The van der Waals surface area contributed by atoms with E-state index in [9.17, 15) is 0 Å². The molecule has 1 unspecified atom stereocenters. The second-order valence-electron chi connectivity index (χ2n) is 5.53. The zero-order valence-electron chi connectivity index (χ0n) is 12.7. The van der Waals surface area contributed by atoms with Crippen molar-refractivity contribution in [2.45, 2.75) is 38.6 Å². The van der Waals surface area contributed by atoms with Crippen LogP contribution in [0.1, 0.15) is 32.6 Å². The molecule has 0 saturated carbocycles. The monoisotopic (exact) mass is 317 g/mol. The molecule has 1 saturated heterocycles. The molecule has 1 atom stereocenters. The first-order valence-electron chi connectivity index (χ1n) is 7.75. The Morgan fingerprint density at radius 3 is 3.09 bits per heavy atom. The van der Waals surface area contributed by atoms with Gasteiger partial charge in [-0.05, 0) is 43.9 Å². The van der Waals surface area contributed by atoms with Gasteiger partial charge in [-0.3, -0.25) is 0 Å². The van der Waals surface area contributed by atoms with Crippen molar-refractivity contribution in [1.29, 1.82) is 0 Å². The summed E-state index contributed by atoms with van der Waals surface area (Å²) in [7, 11) is 0. The van der Waals surface area contributed by atoms with Crippen molar-refractivity contribution in [1.82, 2.24) is 15.2 Å². The van der Waals surface area contributed by atoms with E-state index in [2.05, 4.69) is 32.3 Å². The number of halogens is 1. The van der Waals surface area contributed by atoms with Gasteiger partial charge in [0.1, 0.15) is 0 Å². The molecule has 1 fully saturated rings. The van der Waals surface area contributed by atoms with Crippen LogP contribution in [0, 0.1) is 0 Å². The molecule has 0 bridgehead atoms. The van der Waals surface area contributed by atoms with Crippen LogP contribution < -0.4 is 10.2 Å². The van der Waals surface area contributed by atoms with Crippen molar-refractivity contribution < 1.29 is 0 Å². The van der Waals surface area contributed by atoms with Gasteiger partial charge in [0.25, 0.3) is 0 Å². The molecule has 1 aliphatic heterocycles. The summed E-state index contributed by atoms with van der Waals surface area (Å²) in [6.45, 7) is 3.21. The first-order chi connectivity index (χ1) is 10.8. The lowest BCUT2D eigenvalue weighted by Crippen LogP contribution is -2.40. The van der Waals surface area contributed by atoms with Crippen LogP contribution in [-0.2, 0) is 0 Å². The fourth-order valence-corrected chi connectivity index (χ4v) is 3.07. The summed E-state index contributed by atoms with van der Waals surface area (Å²) in [5.41, 5.74) is 0.893. The molecule has 1 N–H and O–H groups in total. The van der Waals surface area contributed by atoms with Crippen LogP contribution in [0.15, 0.2) is 30.5 Å². The quantitative estimate of drug-likeness (QED) is 0.922. The van der Waals surface area contributed by atoms with Crippen LogP contribution in [-0.4, -0.2) is 27.8 Å². The molecule has 0 aliphatic carbocycles. The van der Waals surface area contributed by atoms with Gasteiger partial charge in [-0.2, -0.15) is 10.1 Å². The van der Waals surface area contributed by atoms with Crippen LogP contribution in [0.4, 0.5) is 17.5 Å². The Bertz CT molecular complexity index is 633. The van der Waals surface area contributed by atoms with E-state index in [1.165, 1.54) is 19.3 Å². The van der Waals surface area contributed by atoms with E-state index in [-0.39, 0.29) is 0 Å². The van der Waals surface area contributed by atoms with Crippen LogP contribution in [0.25, 0.3) is 0 Å². The van der Waals surface area contributed by atoms with Crippen molar-refractivity contribution >= 4 is 29.1 Å². The van der Waals surface area contributed by atoms with Gasteiger partial charge < -0.3 is 10.2 Å². The number of aromatic nitrogens is 3. The maximum Gasteiger partial charge on any atom is 0.247 e. The molecule has 1 aliphatic rings. The van der Waals surface area contributed by atoms with Crippen molar-refractivity contribution in [2.75, 3.05) is 16.8 Å². The van der Waals surface area contributed by atoms with Gasteiger partial charge in [-0.1, -0.05) is 24.6 Å². The number of hydrogen-bond donors (Lipinski definition) is 1. The molecule has 6 heteroatoms. The number of hydrogen-bond acceptors (Lipinski definition) is 5. The molecule has 22 heavy (non-hydrogen) atoms. The van der Waals surface area contributed by atoms with Crippen molar-refractivity contribution in [2.24, 2.45) is 0 Å². The Kier molecular flexibility index (Phi) is 4.73. The van der Waals surface area contributed by atoms with E-state index in [1.54, 1.807) is 6.20 Å². The number of anilines is 3. The lowest BCUT2D eigenvalue weighted by Gasteiger charge is -2.34. The largest absolute Gasteiger partial charge is 0.339 e. The lowest BCUT2D eigenvalue weighted by molar-refractivity contribution is 0.442. The molecule has 2 aromatic rings. The molecular formula is C16H20ClN5. The molecule has 1 aromatic heterocycles. The van der Waals surface area contributed by atoms with Gasteiger partial charge in [0.15, 0.2) is 5.82 Å². The van der Waals surface area contributed by atoms with Gasteiger partial charge in [0, 0.05) is 23.3 Å². The Hall–Kier alpha value is -1.88. The smallest absolute Gasteiger partial charge is 0.247 e. The molecule has 116 valence electrons. The summed E-state index contributed by atoms with van der Waals surface area (Å²) in [5, 5.41) is 12.2. The van der Waals surface area contributed by atoms with Crippen LogP contribution in [0.2, 0.25) is 5.02 Å². The minimum Gasteiger partial charge on any atom is -0.339 e. The zero-order chi connectivity index (χ0) is 15.4. The van der Waals surface area contributed by atoms with E-state index in [4.69, 9.17) is 11.6 Å². The van der Waals surface area contributed by atoms with Gasteiger partial charge >= 0.3 is 0 Å². The predicted octanol–water partition coefficient (Wildman–Crippen LogP) is 4.04. The topological polar surface area (TPSA) is 53.9 Å². The Balaban J connectivity index is 1.80. The standard InChI is InChI=1S/C16H20ClN5/c1-2-14-8-3-4-9-22(14)16-20-15(11-18-21-16)19-13-7-5-6-12(17)10-13/h5-7,10-11,14H,2-4,8-9H2,1H3,(H,19,20,21). The maximum absolute atomic E-state index is 6.01.